The number of benzene rings is 2. The summed E-state index contributed by atoms with van der Waals surface area (Å²) in [4.78, 5) is 0. The van der Waals surface area contributed by atoms with E-state index in [0.29, 0.717) is 18.0 Å². The summed E-state index contributed by atoms with van der Waals surface area (Å²) in [5.41, 5.74) is 8.81. The lowest BCUT2D eigenvalue weighted by Gasteiger charge is -2.15. The highest BCUT2D eigenvalue weighted by molar-refractivity contribution is 5.72. The smallest absolute Gasteiger partial charge is 0.143 e. The summed E-state index contributed by atoms with van der Waals surface area (Å²) >= 11 is 0. The Morgan fingerprint density at radius 3 is 2.90 bits per heavy atom. The molecule has 20 heavy (non-hydrogen) atoms. The van der Waals surface area contributed by atoms with Gasteiger partial charge < -0.3 is 20.5 Å². The van der Waals surface area contributed by atoms with Crippen LogP contribution in [0.4, 0.5) is 11.4 Å². The molecule has 1 heterocycles. The summed E-state index contributed by atoms with van der Waals surface area (Å²) in [6.45, 7) is 0.714. The molecule has 1 aliphatic heterocycles. The van der Waals surface area contributed by atoms with Gasteiger partial charge in [-0.1, -0.05) is 24.3 Å². The molecule has 104 valence electrons. The van der Waals surface area contributed by atoms with E-state index in [0.717, 1.165) is 17.9 Å². The molecule has 3 rings (SSSR count). The maximum Gasteiger partial charge on any atom is 0.143 e. The van der Waals surface area contributed by atoms with Crippen LogP contribution in [0.2, 0.25) is 0 Å². The monoisotopic (exact) mass is 270 g/mol. The Hall–Kier alpha value is -2.36. The highest BCUT2D eigenvalue weighted by Gasteiger charge is 2.22. The van der Waals surface area contributed by atoms with E-state index in [-0.39, 0.29) is 6.10 Å². The van der Waals surface area contributed by atoms with Gasteiger partial charge in [-0.05, 0) is 23.8 Å². The van der Waals surface area contributed by atoms with Crippen LogP contribution >= 0.6 is 0 Å². The third-order valence-electron chi connectivity index (χ3n) is 3.52. The van der Waals surface area contributed by atoms with Gasteiger partial charge in [0.15, 0.2) is 0 Å². The van der Waals surface area contributed by atoms with E-state index in [9.17, 15) is 0 Å². The second-order valence-corrected chi connectivity index (χ2v) is 4.85. The minimum atomic E-state index is 0.137. The van der Waals surface area contributed by atoms with Gasteiger partial charge in [0, 0.05) is 6.42 Å². The van der Waals surface area contributed by atoms with Crippen LogP contribution in [-0.2, 0) is 6.42 Å². The lowest BCUT2D eigenvalue weighted by molar-refractivity contribution is 0.246. The third-order valence-corrected chi connectivity index (χ3v) is 3.52. The molecule has 0 amide bonds. The molecule has 1 atom stereocenters. The second-order valence-electron chi connectivity index (χ2n) is 4.85. The molecule has 1 unspecified atom stereocenters. The Bertz CT molecular complexity index is 588. The van der Waals surface area contributed by atoms with Gasteiger partial charge in [-0.25, -0.2) is 0 Å². The molecule has 0 aliphatic carbocycles. The van der Waals surface area contributed by atoms with Gasteiger partial charge in [0.1, 0.15) is 17.6 Å². The topological polar surface area (TPSA) is 56.5 Å². The molecule has 0 aromatic heterocycles. The van der Waals surface area contributed by atoms with Crippen molar-refractivity contribution in [2.45, 2.75) is 12.5 Å². The zero-order chi connectivity index (χ0) is 13.9. The lowest BCUT2D eigenvalue weighted by atomic mass is 10.1. The highest BCUT2D eigenvalue weighted by Crippen LogP contribution is 2.31. The van der Waals surface area contributed by atoms with Crippen molar-refractivity contribution in [3.63, 3.8) is 0 Å². The highest BCUT2D eigenvalue weighted by atomic mass is 16.5. The molecular formula is C16H18N2O2. The number of fused-ring (bicyclic) bond motifs is 1. The largest absolute Gasteiger partial charge is 0.495 e. The van der Waals surface area contributed by atoms with Crippen molar-refractivity contribution >= 4 is 11.4 Å². The predicted molar refractivity (Wildman–Crippen MR) is 80.5 cm³/mol. The molecule has 0 bridgehead atoms. The van der Waals surface area contributed by atoms with Crippen LogP contribution in [0.25, 0.3) is 0 Å². The van der Waals surface area contributed by atoms with Gasteiger partial charge in [-0.2, -0.15) is 0 Å². The van der Waals surface area contributed by atoms with E-state index < -0.39 is 0 Å². The van der Waals surface area contributed by atoms with Crippen LogP contribution in [0.1, 0.15) is 5.56 Å². The van der Waals surface area contributed by atoms with Crippen molar-refractivity contribution in [1.29, 1.82) is 0 Å². The first-order valence-corrected chi connectivity index (χ1v) is 6.69. The fourth-order valence-electron chi connectivity index (χ4n) is 2.47. The zero-order valence-corrected chi connectivity index (χ0v) is 11.4. The van der Waals surface area contributed by atoms with Crippen LogP contribution < -0.4 is 20.5 Å². The summed E-state index contributed by atoms with van der Waals surface area (Å²) in [7, 11) is 1.62. The number of nitrogens with two attached hydrogens (primary N) is 1. The van der Waals surface area contributed by atoms with Crippen molar-refractivity contribution in [3.05, 3.63) is 48.0 Å². The number of hydrogen-bond acceptors (Lipinski definition) is 4. The van der Waals surface area contributed by atoms with Gasteiger partial charge in [-0.15, -0.1) is 0 Å². The number of rotatable bonds is 4. The summed E-state index contributed by atoms with van der Waals surface area (Å²) in [5.74, 6) is 1.67. The van der Waals surface area contributed by atoms with Gasteiger partial charge >= 0.3 is 0 Å². The van der Waals surface area contributed by atoms with Crippen molar-refractivity contribution in [3.8, 4) is 11.5 Å². The number of para-hydroxylation sites is 2. The van der Waals surface area contributed by atoms with Gasteiger partial charge in [0.2, 0.25) is 0 Å². The molecule has 2 aromatic rings. The normalized spacial score (nSPS) is 16.4. The van der Waals surface area contributed by atoms with Crippen molar-refractivity contribution in [1.82, 2.24) is 0 Å². The average Bonchev–Trinajstić information content (AvgIpc) is 2.89. The van der Waals surface area contributed by atoms with E-state index in [2.05, 4.69) is 11.4 Å². The quantitative estimate of drug-likeness (QED) is 0.839. The van der Waals surface area contributed by atoms with E-state index in [1.165, 1.54) is 5.56 Å². The second kappa shape index (κ2) is 5.33. The number of methoxy groups -OCH3 is 1. The maximum absolute atomic E-state index is 6.03. The number of ether oxygens (including phenoxy) is 2. The van der Waals surface area contributed by atoms with Crippen LogP contribution in [0, 0.1) is 0 Å². The van der Waals surface area contributed by atoms with E-state index in [4.69, 9.17) is 15.2 Å². The fourth-order valence-corrected chi connectivity index (χ4v) is 2.47. The van der Waals surface area contributed by atoms with Gasteiger partial charge in [0.25, 0.3) is 0 Å². The predicted octanol–water partition coefficient (Wildman–Crippen LogP) is 2.69. The molecule has 1 aliphatic rings. The first-order chi connectivity index (χ1) is 9.78. The van der Waals surface area contributed by atoms with E-state index in [1.807, 2.05) is 36.4 Å². The minimum absolute atomic E-state index is 0.137. The molecular weight excluding hydrogens is 252 g/mol. The lowest BCUT2D eigenvalue weighted by Crippen LogP contribution is -2.24. The number of nitrogens with one attached hydrogen (secondary N) is 1. The number of anilines is 2. The maximum atomic E-state index is 6.03. The minimum Gasteiger partial charge on any atom is -0.495 e. The van der Waals surface area contributed by atoms with E-state index >= 15 is 0 Å². The van der Waals surface area contributed by atoms with E-state index in [1.54, 1.807) is 7.11 Å². The first kappa shape index (κ1) is 12.7. The molecule has 0 saturated carbocycles. The van der Waals surface area contributed by atoms with Crippen molar-refractivity contribution < 1.29 is 9.47 Å². The third kappa shape index (κ3) is 2.37. The van der Waals surface area contributed by atoms with Crippen molar-refractivity contribution in [2.75, 3.05) is 24.7 Å². The molecule has 3 N–H and O–H groups in total. The Labute approximate surface area is 118 Å². The standard InChI is InChI=1S/C16H18N2O2/c1-19-15-8-4-6-13(16(15)17)18-10-12-9-11-5-2-3-7-14(11)20-12/h2-8,12,18H,9-10,17H2,1H3. The number of hydrogen-bond donors (Lipinski definition) is 2. The fraction of sp³-hybridized carbons (Fsp3) is 0.250. The molecule has 0 saturated heterocycles. The Balaban J connectivity index is 1.64. The Kier molecular flexibility index (Phi) is 3.37. The van der Waals surface area contributed by atoms with Gasteiger partial charge in [-0.3, -0.25) is 0 Å². The average molecular weight is 270 g/mol. The Morgan fingerprint density at radius 1 is 1.25 bits per heavy atom. The molecule has 4 heteroatoms. The van der Waals surface area contributed by atoms with Crippen LogP contribution in [-0.4, -0.2) is 19.8 Å². The summed E-state index contributed by atoms with van der Waals surface area (Å²) < 4.78 is 11.1. The SMILES string of the molecule is COc1cccc(NCC2Cc3ccccc3O2)c1N. The van der Waals surface area contributed by atoms with Gasteiger partial charge in [0.05, 0.1) is 25.0 Å². The van der Waals surface area contributed by atoms with Crippen molar-refractivity contribution in [2.24, 2.45) is 0 Å². The zero-order valence-electron chi connectivity index (χ0n) is 11.4. The van der Waals surface area contributed by atoms with Crippen LogP contribution in [0.5, 0.6) is 11.5 Å². The van der Waals surface area contributed by atoms with Crippen LogP contribution in [0.3, 0.4) is 0 Å². The summed E-state index contributed by atoms with van der Waals surface area (Å²) in [6.07, 6.45) is 1.06. The molecule has 0 radical (unpaired) electrons. The molecule has 4 nitrogen and oxygen atoms in total. The molecule has 0 spiro atoms. The molecule has 2 aromatic carbocycles. The summed E-state index contributed by atoms with van der Waals surface area (Å²) in [6, 6.07) is 13.9. The molecule has 0 fully saturated rings. The van der Waals surface area contributed by atoms with Crippen LogP contribution in [0.15, 0.2) is 42.5 Å². The first-order valence-electron chi connectivity index (χ1n) is 6.69. The summed E-state index contributed by atoms with van der Waals surface area (Å²) in [5, 5.41) is 3.33. The Morgan fingerprint density at radius 2 is 2.10 bits per heavy atom. The number of nitrogen functional groups attached to an aromatic ring is 1.